The second-order valence-corrected chi connectivity index (χ2v) is 9.09. The molecule has 1 aromatic carbocycles. The highest BCUT2D eigenvalue weighted by Crippen LogP contribution is 2.44. The van der Waals surface area contributed by atoms with Gasteiger partial charge in [-0.2, -0.15) is 0 Å². The summed E-state index contributed by atoms with van der Waals surface area (Å²) >= 11 is 1.58. The van der Waals surface area contributed by atoms with Gasteiger partial charge in [-0.05, 0) is 36.0 Å². The Morgan fingerprint density at radius 2 is 2.00 bits per heavy atom. The zero-order valence-corrected chi connectivity index (χ0v) is 19.3. The zero-order chi connectivity index (χ0) is 22.3. The molecule has 7 nitrogen and oxygen atoms in total. The van der Waals surface area contributed by atoms with Gasteiger partial charge in [0.1, 0.15) is 0 Å². The van der Waals surface area contributed by atoms with E-state index in [-0.39, 0.29) is 17.9 Å². The van der Waals surface area contributed by atoms with Crippen molar-refractivity contribution < 1.29 is 19.1 Å². The van der Waals surface area contributed by atoms with Crippen LogP contribution in [0.4, 0.5) is 0 Å². The van der Waals surface area contributed by atoms with Crippen molar-refractivity contribution >= 4 is 23.2 Å². The molecule has 0 saturated carbocycles. The summed E-state index contributed by atoms with van der Waals surface area (Å²) in [5, 5.41) is 5.15. The molecule has 4 rings (SSSR count). The van der Waals surface area contributed by atoms with Crippen molar-refractivity contribution in [2.75, 3.05) is 59.7 Å². The Bertz CT molecular complexity index is 898. The van der Waals surface area contributed by atoms with Crippen molar-refractivity contribution in [1.82, 2.24) is 15.1 Å². The van der Waals surface area contributed by atoms with Gasteiger partial charge < -0.3 is 19.7 Å². The van der Waals surface area contributed by atoms with Crippen LogP contribution in [0.1, 0.15) is 39.2 Å². The average molecular weight is 458 g/mol. The van der Waals surface area contributed by atoms with Gasteiger partial charge in [0.2, 0.25) is 5.91 Å². The fraction of sp³-hybridized carbons (Fsp3) is 0.500. The molecule has 1 fully saturated rings. The normalized spacial score (nSPS) is 21.4. The molecule has 0 radical (unpaired) electrons. The maximum atomic E-state index is 13.5. The molecular weight excluding hydrogens is 426 g/mol. The third-order valence-corrected chi connectivity index (χ3v) is 7.09. The lowest BCUT2D eigenvalue weighted by Crippen LogP contribution is -2.48. The molecule has 8 heteroatoms. The van der Waals surface area contributed by atoms with E-state index < -0.39 is 5.92 Å². The first-order chi connectivity index (χ1) is 15.7. The number of rotatable bonds is 9. The monoisotopic (exact) mass is 457 g/mol. The molecule has 2 amide bonds. The summed E-state index contributed by atoms with van der Waals surface area (Å²) in [5.41, 5.74) is 1.40. The van der Waals surface area contributed by atoms with Crippen molar-refractivity contribution in [3.05, 3.63) is 57.8 Å². The standard InChI is InChI=1S/C24H31N3O4S/c1-30-14-13-27-22(20-8-4-17-32-20)21(18-6-2-3-7-19(18)24(27)29)23(28)25-9-5-10-26-11-15-31-16-12-26/h2-4,6-8,17,21-22H,5,9-16H2,1H3,(H,25,28)/t21-,22-/m1/s1. The number of morpholine rings is 1. The summed E-state index contributed by atoms with van der Waals surface area (Å²) in [4.78, 5) is 32.1. The van der Waals surface area contributed by atoms with Gasteiger partial charge in [0.15, 0.2) is 0 Å². The van der Waals surface area contributed by atoms with Gasteiger partial charge in [-0.15, -0.1) is 11.3 Å². The predicted octanol–water partition coefficient (Wildman–Crippen LogP) is 2.51. The largest absolute Gasteiger partial charge is 0.383 e. The molecule has 172 valence electrons. The molecule has 2 aromatic rings. The Labute approximate surface area is 193 Å². The van der Waals surface area contributed by atoms with Gasteiger partial charge in [-0.1, -0.05) is 24.3 Å². The first-order valence-electron chi connectivity index (χ1n) is 11.2. The molecule has 2 aliphatic rings. The number of thiophene rings is 1. The highest BCUT2D eigenvalue weighted by molar-refractivity contribution is 7.10. The van der Waals surface area contributed by atoms with E-state index in [0.717, 1.165) is 49.7 Å². The first-order valence-corrected chi connectivity index (χ1v) is 12.1. The summed E-state index contributed by atoms with van der Waals surface area (Å²) in [6, 6.07) is 11.1. The molecule has 1 N–H and O–H groups in total. The number of benzene rings is 1. The Morgan fingerprint density at radius 1 is 1.19 bits per heavy atom. The molecular formula is C24H31N3O4S. The minimum absolute atomic E-state index is 0.0345. The molecule has 0 aliphatic carbocycles. The minimum atomic E-state index is -0.456. The van der Waals surface area contributed by atoms with Crippen molar-refractivity contribution in [3.8, 4) is 0 Å². The maximum absolute atomic E-state index is 13.5. The second kappa shape index (κ2) is 11.0. The zero-order valence-electron chi connectivity index (χ0n) is 18.5. The van der Waals surface area contributed by atoms with E-state index in [1.807, 2.05) is 41.8 Å². The molecule has 1 saturated heterocycles. The van der Waals surface area contributed by atoms with E-state index in [9.17, 15) is 9.59 Å². The first kappa shape index (κ1) is 22.9. The van der Waals surface area contributed by atoms with E-state index in [2.05, 4.69) is 10.2 Å². The number of fused-ring (bicyclic) bond motifs is 1. The van der Waals surface area contributed by atoms with E-state index >= 15 is 0 Å². The highest BCUT2D eigenvalue weighted by Gasteiger charge is 2.44. The van der Waals surface area contributed by atoms with Gasteiger partial charge in [-0.3, -0.25) is 14.5 Å². The van der Waals surface area contributed by atoms with Crippen LogP contribution in [0.5, 0.6) is 0 Å². The van der Waals surface area contributed by atoms with E-state index in [1.54, 1.807) is 23.3 Å². The van der Waals surface area contributed by atoms with Crippen molar-refractivity contribution in [2.45, 2.75) is 18.4 Å². The highest BCUT2D eigenvalue weighted by atomic mass is 32.1. The lowest BCUT2D eigenvalue weighted by Gasteiger charge is -2.41. The minimum Gasteiger partial charge on any atom is -0.383 e. The Morgan fingerprint density at radius 3 is 2.75 bits per heavy atom. The van der Waals surface area contributed by atoms with Crippen LogP contribution in [0.15, 0.2) is 41.8 Å². The molecule has 1 aromatic heterocycles. The van der Waals surface area contributed by atoms with Gasteiger partial charge in [-0.25, -0.2) is 0 Å². The van der Waals surface area contributed by atoms with Crippen LogP contribution in [0.2, 0.25) is 0 Å². The van der Waals surface area contributed by atoms with Crippen LogP contribution in [0.25, 0.3) is 0 Å². The molecule has 2 atom stereocenters. The lowest BCUT2D eigenvalue weighted by molar-refractivity contribution is -0.124. The van der Waals surface area contributed by atoms with Crippen LogP contribution in [-0.4, -0.2) is 81.3 Å². The van der Waals surface area contributed by atoms with E-state index in [4.69, 9.17) is 9.47 Å². The van der Waals surface area contributed by atoms with E-state index in [0.29, 0.717) is 25.3 Å². The fourth-order valence-corrected chi connectivity index (χ4v) is 5.41. The van der Waals surface area contributed by atoms with Gasteiger partial charge in [0.25, 0.3) is 5.91 Å². The Balaban J connectivity index is 1.54. The Hall–Kier alpha value is -2.26. The molecule has 3 heterocycles. The molecule has 0 unspecified atom stereocenters. The van der Waals surface area contributed by atoms with Crippen LogP contribution >= 0.6 is 11.3 Å². The third-order valence-electron chi connectivity index (χ3n) is 6.15. The number of nitrogens with one attached hydrogen (secondary N) is 1. The number of carbonyl (C=O) groups is 2. The predicted molar refractivity (Wildman–Crippen MR) is 124 cm³/mol. The third kappa shape index (κ3) is 5.04. The van der Waals surface area contributed by atoms with E-state index in [1.165, 1.54) is 0 Å². The fourth-order valence-electron chi connectivity index (χ4n) is 4.54. The molecule has 0 spiro atoms. The molecule has 2 aliphatic heterocycles. The Kier molecular flexibility index (Phi) is 7.91. The summed E-state index contributed by atoms with van der Waals surface area (Å²) in [7, 11) is 1.63. The number of ether oxygens (including phenoxy) is 2. The number of nitrogens with zero attached hydrogens (tertiary/aromatic N) is 2. The summed E-state index contributed by atoms with van der Waals surface area (Å²) in [6.45, 7) is 5.85. The van der Waals surface area contributed by atoms with Gasteiger partial charge in [0, 0.05) is 43.7 Å². The number of hydrogen-bond donors (Lipinski definition) is 1. The number of methoxy groups -OCH3 is 1. The smallest absolute Gasteiger partial charge is 0.254 e. The summed E-state index contributed by atoms with van der Waals surface area (Å²) in [6.07, 6.45) is 0.885. The van der Waals surface area contributed by atoms with Crippen molar-refractivity contribution in [1.29, 1.82) is 0 Å². The number of hydrogen-bond acceptors (Lipinski definition) is 6. The number of amides is 2. The summed E-state index contributed by atoms with van der Waals surface area (Å²) in [5.74, 6) is -0.539. The van der Waals surface area contributed by atoms with Crippen LogP contribution in [0.3, 0.4) is 0 Å². The number of carbonyl (C=O) groups excluding carboxylic acids is 2. The molecule has 32 heavy (non-hydrogen) atoms. The van der Waals surface area contributed by atoms with Gasteiger partial charge in [0.05, 0.1) is 31.8 Å². The lowest BCUT2D eigenvalue weighted by atomic mass is 9.81. The van der Waals surface area contributed by atoms with Gasteiger partial charge >= 0.3 is 0 Å². The molecule has 0 bridgehead atoms. The topological polar surface area (TPSA) is 71.1 Å². The van der Waals surface area contributed by atoms with Crippen LogP contribution < -0.4 is 5.32 Å². The van der Waals surface area contributed by atoms with Crippen LogP contribution in [0, 0.1) is 0 Å². The van der Waals surface area contributed by atoms with Crippen LogP contribution in [-0.2, 0) is 14.3 Å². The van der Waals surface area contributed by atoms with Crippen molar-refractivity contribution in [2.24, 2.45) is 0 Å². The second-order valence-electron chi connectivity index (χ2n) is 8.12. The average Bonchev–Trinajstić information content (AvgIpc) is 3.36. The van der Waals surface area contributed by atoms with Crippen molar-refractivity contribution in [3.63, 3.8) is 0 Å². The SMILES string of the molecule is COCCN1C(=O)c2ccccc2[C@@H](C(=O)NCCCN2CCOCC2)[C@H]1c1cccs1. The summed E-state index contributed by atoms with van der Waals surface area (Å²) < 4.78 is 10.7. The quantitative estimate of drug-likeness (QED) is 0.586. The maximum Gasteiger partial charge on any atom is 0.254 e.